The second kappa shape index (κ2) is 6.32. The third-order valence-electron chi connectivity index (χ3n) is 4.00. The zero-order valence-corrected chi connectivity index (χ0v) is 13.4. The number of amides is 1. The second-order valence-corrected chi connectivity index (χ2v) is 5.98. The summed E-state index contributed by atoms with van der Waals surface area (Å²) in [4.78, 5) is 14.5. The van der Waals surface area contributed by atoms with E-state index >= 15 is 0 Å². The van der Waals surface area contributed by atoms with Crippen LogP contribution < -0.4 is 4.74 Å². The number of hydrogen-bond acceptors (Lipinski definition) is 4. The van der Waals surface area contributed by atoms with E-state index < -0.39 is 0 Å². The summed E-state index contributed by atoms with van der Waals surface area (Å²) >= 11 is 0. The van der Waals surface area contributed by atoms with Crippen molar-refractivity contribution in [3.8, 4) is 11.5 Å². The van der Waals surface area contributed by atoms with Crippen LogP contribution in [0.4, 0.5) is 0 Å². The fourth-order valence-corrected chi connectivity index (χ4v) is 2.65. The van der Waals surface area contributed by atoms with Gasteiger partial charge < -0.3 is 14.7 Å². The fraction of sp³-hybridized carbons (Fsp3) is 0.412. The molecule has 3 rings (SSSR count). The SMILES string of the molecule is COc1cc(CN(C(=O)Cc2cc(C)[nH]n2)C2CC2)ccc1O. The number of aromatic nitrogens is 2. The minimum Gasteiger partial charge on any atom is -0.504 e. The highest BCUT2D eigenvalue weighted by Gasteiger charge is 2.32. The van der Waals surface area contributed by atoms with Crippen molar-refractivity contribution >= 4 is 5.91 Å². The molecule has 1 aromatic carbocycles. The molecule has 1 heterocycles. The van der Waals surface area contributed by atoms with Crippen LogP contribution in [0.3, 0.4) is 0 Å². The Morgan fingerprint density at radius 3 is 2.83 bits per heavy atom. The van der Waals surface area contributed by atoms with Gasteiger partial charge in [0.2, 0.25) is 5.91 Å². The summed E-state index contributed by atoms with van der Waals surface area (Å²) in [6, 6.07) is 7.39. The molecule has 1 aromatic heterocycles. The summed E-state index contributed by atoms with van der Waals surface area (Å²) in [5, 5.41) is 16.7. The summed E-state index contributed by atoms with van der Waals surface area (Å²) in [7, 11) is 1.52. The average molecular weight is 315 g/mol. The first-order chi connectivity index (χ1) is 11.1. The molecule has 1 aliphatic carbocycles. The number of H-pyrrole nitrogens is 1. The first kappa shape index (κ1) is 15.4. The van der Waals surface area contributed by atoms with Crippen LogP contribution >= 0.6 is 0 Å². The minimum absolute atomic E-state index is 0.0750. The van der Waals surface area contributed by atoms with Crippen LogP contribution in [0.2, 0.25) is 0 Å². The van der Waals surface area contributed by atoms with Crippen molar-refractivity contribution in [2.45, 2.75) is 38.8 Å². The summed E-state index contributed by atoms with van der Waals surface area (Å²) in [6.07, 6.45) is 2.39. The number of carbonyl (C=O) groups is 1. The first-order valence-corrected chi connectivity index (χ1v) is 7.73. The molecule has 0 radical (unpaired) electrons. The zero-order valence-electron chi connectivity index (χ0n) is 13.4. The first-order valence-electron chi connectivity index (χ1n) is 7.73. The fourth-order valence-electron chi connectivity index (χ4n) is 2.65. The molecule has 1 fully saturated rings. The molecule has 0 unspecified atom stereocenters. The third kappa shape index (κ3) is 3.64. The number of hydrogen-bond donors (Lipinski definition) is 2. The maximum absolute atomic E-state index is 12.6. The van der Waals surface area contributed by atoms with Crippen LogP contribution in [0.15, 0.2) is 24.3 Å². The lowest BCUT2D eigenvalue weighted by molar-refractivity contribution is -0.131. The van der Waals surface area contributed by atoms with Gasteiger partial charge in [0.15, 0.2) is 11.5 Å². The van der Waals surface area contributed by atoms with Crippen LogP contribution in [0.25, 0.3) is 0 Å². The van der Waals surface area contributed by atoms with Gasteiger partial charge in [-0.1, -0.05) is 6.07 Å². The van der Waals surface area contributed by atoms with Crippen molar-refractivity contribution in [2.24, 2.45) is 0 Å². The van der Waals surface area contributed by atoms with E-state index in [-0.39, 0.29) is 11.7 Å². The Balaban J connectivity index is 1.73. The lowest BCUT2D eigenvalue weighted by Crippen LogP contribution is -2.33. The quantitative estimate of drug-likeness (QED) is 0.856. The number of aromatic hydroxyl groups is 1. The van der Waals surface area contributed by atoms with E-state index in [0.29, 0.717) is 24.8 Å². The molecule has 1 saturated carbocycles. The maximum Gasteiger partial charge on any atom is 0.229 e. The van der Waals surface area contributed by atoms with Gasteiger partial charge in [0.05, 0.1) is 19.2 Å². The Hall–Kier alpha value is -2.50. The highest BCUT2D eigenvalue weighted by molar-refractivity contribution is 5.79. The lowest BCUT2D eigenvalue weighted by atomic mass is 10.1. The van der Waals surface area contributed by atoms with Crippen molar-refractivity contribution in [2.75, 3.05) is 7.11 Å². The van der Waals surface area contributed by atoms with Crippen LogP contribution in [-0.4, -0.2) is 39.3 Å². The number of benzene rings is 1. The van der Waals surface area contributed by atoms with Crippen molar-refractivity contribution in [1.29, 1.82) is 0 Å². The molecule has 23 heavy (non-hydrogen) atoms. The molecular formula is C17H21N3O3. The number of carbonyl (C=O) groups excluding carboxylic acids is 1. The van der Waals surface area contributed by atoms with E-state index in [9.17, 15) is 9.90 Å². The highest BCUT2D eigenvalue weighted by Crippen LogP contribution is 2.31. The molecular weight excluding hydrogens is 294 g/mol. The predicted molar refractivity (Wildman–Crippen MR) is 85.3 cm³/mol. The molecule has 2 aromatic rings. The summed E-state index contributed by atoms with van der Waals surface area (Å²) in [6.45, 7) is 2.44. The van der Waals surface area contributed by atoms with Crippen LogP contribution in [-0.2, 0) is 17.8 Å². The molecule has 6 heteroatoms. The van der Waals surface area contributed by atoms with Crippen molar-refractivity contribution in [1.82, 2.24) is 15.1 Å². The van der Waals surface area contributed by atoms with E-state index in [1.54, 1.807) is 12.1 Å². The van der Waals surface area contributed by atoms with Gasteiger partial charge in [0.25, 0.3) is 0 Å². The predicted octanol–water partition coefficient (Wildman–Crippen LogP) is 2.17. The van der Waals surface area contributed by atoms with E-state index in [1.807, 2.05) is 24.0 Å². The number of nitrogens with one attached hydrogen (secondary N) is 1. The molecule has 0 bridgehead atoms. The van der Waals surface area contributed by atoms with Gasteiger partial charge in [-0.15, -0.1) is 0 Å². The van der Waals surface area contributed by atoms with Crippen LogP contribution in [0.5, 0.6) is 11.5 Å². The number of ether oxygens (including phenoxy) is 1. The maximum atomic E-state index is 12.6. The Morgan fingerprint density at radius 1 is 1.43 bits per heavy atom. The molecule has 122 valence electrons. The van der Waals surface area contributed by atoms with Gasteiger partial charge >= 0.3 is 0 Å². The van der Waals surface area contributed by atoms with E-state index in [4.69, 9.17) is 4.74 Å². The van der Waals surface area contributed by atoms with E-state index in [0.717, 1.165) is 29.8 Å². The largest absolute Gasteiger partial charge is 0.504 e. The standard InChI is InChI=1S/C17H21N3O3/c1-11-7-13(19-18-11)9-17(22)20(14-4-5-14)10-12-3-6-15(21)16(8-12)23-2/h3,6-8,14,21H,4-5,9-10H2,1-2H3,(H,18,19). The molecule has 1 amide bonds. The number of aryl methyl sites for hydroxylation is 1. The Bertz CT molecular complexity index is 707. The number of methoxy groups -OCH3 is 1. The summed E-state index contributed by atoms with van der Waals surface area (Å²) in [5.41, 5.74) is 2.66. The molecule has 1 aliphatic rings. The second-order valence-electron chi connectivity index (χ2n) is 5.98. The number of rotatable bonds is 6. The summed E-state index contributed by atoms with van der Waals surface area (Å²) < 4.78 is 5.13. The van der Waals surface area contributed by atoms with Gasteiger partial charge in [-0.05, 0) is 43.5 Å². The van der Waals surface area contributed by atoms with Crippen LogP contribution in [0.1, 0.15) is 29.8 Å². The smallest absolute Gasteiger partial charge is 0.229 e. The van der Waals surface area contributed by atoms with E-state index in [1.165, 1.54) is 7.11 Å². The zero-order chi connectivity index (χ0) is 16.4. The van der Waals surface area contributed by atoms with Gasteiger partial charge in [0, 0.05) is 18.3 Å². The number of phenols is 1. The van der Waals surface area contributed by atoms with Gasteiger partial charge in [-0.2, -0.15) is 5.10 Å². The van der Waals surface area contributed by atoms with E-state index in [2.05, 4.69) is 10.2 Å². The monoisotopic (exact) mass is 315 g/mol. The third-order valence-corrected chi connectivity index (χ3v) is 4.00. The molecule has 0 aliphatic heterocycles. The molecule has 6 nitrogen and oxygen atoms in total. The van der Waals surface area contributed by atoms with Crippen molar-refractivity contribution in [3.05, 3.63) is 41.2 Å². The Kier molecular flexibility index (Phi) is 4.23. The van der Waals surface area contributed by atoms with Gasteiger partial charge in [0.1, 0.15) is 0 Å². The molecule has 2 N–H and O–H groups in total. The Labute approximate surface area is 135 Å². The normalized spacial score (nSPS) is 13.8. The number of phenolic OH excluding ortho intramolecular Hbond substituents is 1. The van der Waals surface area contributed by atoms with Crippen molar-refractivity contribution < 1.29 is 14.6 Å². The molecule has 0 spiro atoms. The molecule has 0 atom stereocenters. The lowest BCUT2D eigenvalue weighted by Gasteiger charge is -2.22. The topological polar surface area (TPSA) is 78.5 Å². The van der Waals surface area contributed by atoms with Crippen LogP contribution in [0, 0.1) is 6.92 Å². The van der Waals surface area contributed by atoms with Crippen molar-refractivity contribution in [3.63, 3.8) is 0 Å². The van der Waals surface area contributed by atoms with Gasteiger partial charge in [-0.3, -0.25) is 9.89 Å². The number of aromatic amines is 1. The molecule has 0 saturated heterocycles. The summed E-state index contributed by atoms with van der Waals surface area (Å²) in [5.74, 6) is 0.604. The number of nitrogens with zero attached hydrogens (tertiary/aromatic N) is 2. The minimum atomic E-state index is 0.0750. The van der Waals surface area contributed by atoms with Gasteiger partial charge in [-0.25, -0.2) is 0 Å². The average Bonchev–Trinajstić information content (AvgIpc) is 3.29. The highest BCUT2D eigenvalue weighted by atomic mass is 16.5. The Morgan fingerprint density at radius 2 is 2.22 bits per heavy atom.